The minimum Gasteiger partial charge on any atom is -0.351 e. The van der Waals surface area contributed by atoms with Crippen LogP contribution in [0, 0.1) is 13.8 Å². The Morgan fingerprint density at radius 1 is 1.44 bits per heavy atom. The molecular weight excluding hydrogens is 246 g/mol. The number of rotatable bonds is 4. The SMILES string of the molecule is Cc1csc(C(=O)NCCc2cc(C)n(C)n2)c1. The Bertz CT molecular complexity index is 537. The minimum absolute atomic E-state index is 0.000697. The lowest BCUT2D eigenvalue weighted by Crippen LogP contribution is -2.25. The molecule has 2 heterocycles. The Kier molecular flexibility index (Phi) is 3.81. The molecule has 0 unspecified atom stereocenters. The van der Waals surface area contributed by atoms with Crippen molar-refractivity contribution in [3.63, 3.8) is 0 Å². The molecule has 0 atom stereocenters. The second-order valence-electron chi connectivity index (χ2n) is 4.39. The number of nitrogens with one attached hydrogen (secondary N) is 1. The lowest BCUT2D eigenvalue weighted by molar-refractivity contribution is 0.0958. The minimum atomic E-state index is 0.000697. The van der Waals surface area contributed by atoms with Gasteiger partial charge in [0.05, 0.1) is 10.6 Å². The first-order valence-corrected chi connectivity index (χ1v) is 6.77. The van der Waals surface area contributed by atoms with Crippen molar-refractivity contribution in [3.8, 4) is 0 Å². The average molecular weight is 263 g/mol. The van der Waals surface area contributed by atoms with Crippen molar-refractivity contribution in [2.24, 2.45) is 7.05 Å². The fraction of sp³-hybridized carbons (Fsp3) is 0.385. The highest BCUT2D eigenvalue weighted by atomic mass is 32.1. The van der Waals surface area contributed by atoms with Crippen LogP contribution in [-0.2, 0) is 13.5 Å². The van der Waals surface area contributed by atoms with Gasteiger partial charge in [-0.2, -0.15) is 5.10 Å². The van der Waals surface area contributed by atoms with E-state index in [9.17, 15) is 4.79 Å². The number of thiophene rings is 1. The number of nitrogens with zero attached hydrogens (tertiary/aromatic N) is 2. The van der Waals surface area contributed by atoms with Crippen LogP contribution >= 0.6 is 11.3 Å². The molecule has 18 heavy (non-hydrogen) atoms. The zero-order chi connectivity index (χ0) is 13.1. The number of hydrogen-bond donors (Lipinski definition) is 1. The summed E-state index contributed by atoms with van der Waals surface area (Å²) in [6.07, 6.45) is 0.762. The quantitative estimate of drug-likeness (QED) is 0.918. The van der Waals surface area contributed by atoms with Crippen LogP contribution in [0.4, 0.5) is 0 Å². The molecule has 5 heteroatoms. The first-order valence-electron chi connectivity index (χ1n) is 5.89. The first kappa shape index (κ1) is 12.8. The van der Waals surface area contributed by atoms with Crippen molar-refractivity contribution in [2.45, 2.75) is 20.3 Å². The van der Waals surface area contributed by atoms with Crippen molar-refractivity contribution in [1.29, 1.82) is 0 Å². The van der Waals surface area contributed by atoms with E-state index in [0.29, 0.717) is 6.54 Å². The zero-order valence-electron chi connectivity index (χ0n) is 10.9. The normalized spacial score (nSPS) is 10.6. The van der Waals surface area contributed by atoms with Crippen LogP contribution < -0.4 is 5.32 Å². The third-order valence-electron chi connectivity index (χ3n) is 2.79. The summed E-state index contributed by atoms with van der Waals surface area (Å²) in [7, 11) is 1.92. The smallest absolute Gasteiger partial charge is 0.261 e. The van der Waals surface area contributed by atoms with E-state index in [4.69, 9.17) is 0 Å². The predicted octanol–water partition coefficient (Wildman–Crippen LogP) is 2.07. The molecule has 0 aromatic carbocycles. The van der Waals surface area contributed by atoms with Crippen molar-refractivity contribution in [2.75, 3.05) is 6.54 Å². The van der Waals surface area contributed by atoms with Crippen LogP contribution in [0.1, 0.15) is 26.6 Å². The van der Waals surface area contributed by atoms with Crippen molar-refractivity contribution in [1.82, 2.24) is 15.1 Å². The molecule has 0 aliphatic carbocycles. The first-order chi connectivity index (χ1) is 8.56. The van der Waals surface area contributed by atoms with Crippen LogP contribution in [-0.4, -0.2) is 22.2 Å². The second kappa shape index (κ2) is 5.35. The number of aromatic nitrogens is 2. The molecule has 0 saturated carbocycles. The Balaban J connectivity index is 1.83. The summed E-state index contributed by atoms with van der Waals surface area (Å²) in [4.78, 5) is 12.6. The van der Waals surface area contributed by atoms with Gasteiger partial charge in [0.1, 0.15) is 0 Å². The molecule has 1 amide bonds. The molecule has 0 aliphatic rings. The van der Waals surface area contributed by atoms with Crippen molar-refractivity contribution < 1.29 is 4.79 Å². The molecule has 0 bridgehead atoms. The molecule has 1 N–H and O–H groups in total. The second-order valence-corrected chi connectivity index (χ2v) is 5.31. The molecule has 96 valence electrons. The van der Waals surface area contributed by atoms with Gasteiger partial charge in [-0.1, -0.05) is 0 Å². The number of carbonyl (C=O) groups is 1. The van der Waals surface area contributed by atoms with E-state index in [-0.39, 0.29) is 5.91 Å². The Morgan fingerprint density at radius 3 is 2.78 bits per heavy atom. The van der Waals surface area contributed by atoms with E-state index in [0.717, 1.165) is 28.2 Å². The molecule has 2 aromatic rings. The van der Waals surface area contributed by atoms with Crippen LogP contribution in [0.2, 0.25) is 0 Å². The average Bonchev–Trinajstić information content (AvgIpc) is 2.87. The summed E-state index contributed by atoms with van der Waals surface area (Å²) >= 11 is 1.48. The summed E-state index contributed by atoms with van der Waals surface area (Å²) in [5.74, 6) is 0.000697. The summed E-state index contributed by atoms with van der Waals surface area (Å²) in [6.45, 7) is 4.62. The van der Waals surface area contributed by atoms with Crippen LogP contribution in [0.5, 0.6) is 0 Å². The number of aryl methyl sites for hydroxylation is 3. The monoisotopic (exact) mass is 263 g/mol. The summed E-state index contributed by atoms with van der Waals surface area (Å²) in [5, 5.41) is 9.25. The van der Waals surface area contributed by atoms with Gasteiger partial charge in [0.15, 0.2) is 0 Å². The van der Waals surface area contributed by atoms with Gasteiger partial charge in [0, 0.05) is 25.7 Å². The largest absolute Gasteiger partial charge is 0.351 e. The highest BCUT2D eigenvalue weighted by molar-refractivity contribution is 7.12. The molecular formula is C13H17N3OS. The van der Waals surface area contributed by atoms with Gasteiger partial charge in [-0.3, -0.25) is 9.48 Å². The Labute approximate surface area is 111 Å². The van der Waals surface area contributed by atoms with Gasteiger partial charge in [-0.05, 0) is 36.9 Å². The molecule has 4 nitrogen and oxygen atoms in total. The standard InChI is InChI=1S/C13H17N3OS/c1-9-6-12(18-8-9)13(17)14-5-4-11-7-10(2)16(3)15-11/h6-8H,4-5H2,1-3H3,(H,14,17). The van der Waals surface area contributed by atoms with Gasteiger partial charge in [-0.15, -0.1) is 11.3 Å². The number of carbonyl (C=O) groups excluding carboxylic acids is 1. The van der Waals surface area contributed by atoms with Gasteiger partial charge in [-0.25, -0.2) is 0 Å². The Hall–Kier alpha value is -1.62. The van der Waals surface area contributed by atoms with Crippen LogP contribution in [0.15, 0.2) is 17.5 Å². The predicted molar refractivity (Wildman–Crippen MR) is 73.0 cm³/mol. The summed E-state index contributed by atoms with van der Waals surface area (Å²) in [6, 6.07) is 3.95. The van der Waals surface area contributed by atoms with Crippen LogP contribution in [0.3, 0.4) is 0 Å². The van der Waals surface area contributed by atoms with Gasteiger partial charge in [0.25, 0.3) is 5.91 Å². The highest BCUT2D eigenvalue weighted by Gasteiger charge is 2.07. The number of hydrogen-bond acceptors (Lipinski definition) is 3. The summed E-state index contributed by atoms with van der Waals surface area (Å²) in [5.41, 5.74) is 3.27. The van der Waals surface area contributed by atoms with Crippen molar-refractivity contribution in [3.05, 3.63) is 39.3 Å². The molecule has 0 fully saturated rings. The van der Waals surface area contributed by atoms with E-state index in [1.54, 1.807) is 0 Å². The number of amides is 1. The van der Waals surface area contributed by atoms with Crippen molar-refractivity contribution >= 4 is 17.2 Å². The van der Waals surface area contributed by atoms with E-state index in [2.05, 4.69) is 10.4 Å². The maximum absolute atomic E-state index is 11.8. The third-order valence-corrected chi connectivity index (χ3v) is 3.83. The molecule has 0 saturated heterocycles. The van der Waals surface area contributed by atoms with E-state index >= 15 is 0 Å². The Morgan fingerprint density at radius 2 is 2.22 bits per heavy atom. The molecule has 0 aliphatic heterocycles. The van der Waals surface area contributed by atoms with Gasteiger partial charge < -0.3 is 5.32 Å². The molecule has 0 spiro atoms. The van der Waals surface area contributed by atoms with E-state index in [1.807, 2.05) is 43.1 Å². The topological polar surface area (TPSA) is 46.9 Å². The maximum atomic E-state index is 11.8. The lowest BCUT2D eigenvalue weighted by atomic mass is 10.3. The summed E-state index contributed by atoms with van der Waals surface area (Å²) < 4.78 is 1.85. The van der Waals surface area contributed by atoms with Gasteiger partial charge in [0.2, 0.25) is 0 Å². The molecule has 2 rings (SSSR count). The van der Waals surface area contributed by atoms with E-state index < -0.39 is 0 Å². The van der Waals surface area contributed by atoms with Crippen LogP contribution in [0.25, 0.3) is 0 Å². The van der Waals surface area contributed by atoms with Gasteiger partial charge >= 0.3 is 0 Å². The fourth-order valence-corrected chi connectivity index (χ4v) is 2.51. The zero-order valence-corrected chi connectivity index (χ0v) is 11.7. The third kappa shape index (κ3) is 2.98. The van der Waals surface area contributed by atoms with E-state index in [1.165, 1.54) is 11.3 Å². The highest BCUT2D eigenvalue weighted by Crippen LogP contribution is 2.13. The lowest BCUT2D eigenvalue weighted by Gasteiger charge is -2.01. The molecule has 2 aromatic heterocycles. The molecule has 0 radical (unpaired) electrons. The fourth-order valence-electron chi connectivity index (χ4n) is 1.70. The maximum Gasteiger partial charge on any atom is 0.261 e.